The van der Waals surface area contributed by atoms with Crippen LogP contribution < -0.4 is 0 Å². The van der Waals surface area contributed by atoms with E-state index in [0.717, 1.165) is 24.9 Å². The van der Waals surface area contributed by atoms with Crippen molar-refractivity contribution in [3.8, 4) is 23.0 Å². The molecule has 0 saturated carbocycles. The number of morpholine rings is 1. The minimum atomic E-state index is -3.65. The smallest absolute Gasteiger partial charge is 0.264 e. The van der Waals surface area contributed by atoms with Crippen LogP contribution in [0, 0.1) is 11.3 Å². The van der Waals surface area contributed by atoms with E-state index in [9.17, 15) is 18.5 Å². The molecule has 3 aromatic rings. The van der Waals surface area contributed by atoms with Crippen molar-refractivity contribution in [2.75, 3.05) is 39.4 Å². The Morgan fingerprint density at radius 3 is 2.42 bits per heavy atom. The highest BCUT2D eigenvalue weighted by Gasteiger charge is 2.27. The lowest BCUT2D eigenvalue weighted by atomic mass is 10.1. The highest BCUT2D eigenvalue weighted by atomic mass is 32.2. The van der Waals surface area contributed by atoms with Crippen LogP contribution in [-0.2, 0) is 19.6 Å². The molecule has 0 N–H and O–H groups in total. The summed E-state index contributed by atoms with van der Waals surface area (Å²) in [4.78, 5) is 14.9. The van der Waals surface area contributed by atoms with Gasteiger partial charge in [-0.05, 0) is 43.2 Å². The topological polar surface area (TPSA) is 109 Å². The van der Waals surface area contributed by atoms with Crippen LogP contribution in [-0.4, -0.2) is 72.7 Å². The maximum Gasteiger partial charge on any atom is 0.264 e. The van der Waals surface area contributed by atoms with E-state index in [-0.39, 0.29) is 16.4 Å². The van der Waals surface area contributed by atoms with Gasteiger partial charge in [0, 0.05) is 43.5 Å². The molecule has 0 atom stereocenters. The van der Waals surface area contributed by atoms with Crippen molar-refractivity contribution in [1.82, 2.24) is 19.0 Å². The van der Waals surface area contributed by atoms with Crippen LogP contribution in [0.4, 0.5) is 0 Å². The summed E-state index contributed by atoms with van der Waals surface area (Å²) >= 11 is 0. The highest BCUT2D eigenvalue weighted by molar-refractivity contribution is 7.89. The molecule has 9 nitrogen and oxygen atoms in total. The molecule has 10 heteroatoms. The second kappa shape index (κ2) is 11.3. The molecule has 196 valence electrons. The first-order valence-electron chi connectivity index (χ1n) is 12.7. The Morgan fingerprint density at radius 2 is 1.71 bits per heavy atom. The lowest BCUT2D eigenvalue weighted by Gasteiger charge is -2.26. The molecule has 0 radical (unpaired) electrons. The summed E-state index contributed by atoms with van der Waals surface area (Å²) in [6, 6.07) is 18.2. The van der Waals surface area contributed by atoms with Gasteiger partial charge in [-0.2, -0.15) is 14.7 Å². The third-order valence-corrected chi connectivity index (χ3v) is 8.67. The zero-order chi connectivity index (χ0) is 26.5. The van der Waals surface area contributed by atoms with E-state index in [1.54, 1.807) is 40.0 Å². The second-order valence-electron chi connectivity index (χ2n) is 9.28. The van der Waals surface area contributed by atoms with E-state index < -0.39 is 10.0 Å². The molecule has 3 heterocycles. The molecule has 38 heavy (non-hydrogen) atoms. The summed E-state index contributed by atoms with van der Waals surface area (Å²) in [5, 5.41) is 14.6. The molecule has 2 aromatic carbocycles. The zero-order valence-corrected chi connectivity index (χ0v) is 21.8. The van der Waals surface area contributed by atoms with Gasteiger partial charge in [0.15, 0.2) is 0 Å². The summed E-state index contributed by atoms with van der Waals surface area (Å²) in [5.41, 5.74) is 2.38. The Bertz CT molecular complexity index is 1480. The molecule has 2 aliphatic rings. The fourth-order valence-corrected chi connectivity index (χ4v) is 6.29. The van der Waals surface area contributed by atoms with Crippen molar-refractivity contribution >= 4 is 22.0 Å². The fraction of sp³-hybridized carbons (Fsp3) is 0.321. The normalized spacial score (nSPS) is 17.2. The Balaban J connectivity index is 1.57. The Kier molecular flexibility index (Phi) is 7.69. The van der Waals surface area contributed by atoms with Crippen LogP contribution in [0.3, 0.4) is 0 Å². The first kappa shape index (κ1) is 25.9. The lowest BCUT2D eigenvalue weighted by molar-refractivity contribution is -0.130. The minimum absolute atomic E-state index is 0.0159. The summed E-state index contributed by atoms with van der Waals surface area (Å²) in [6.45, 7) is 2.73. The number of aromatic nitrogens is 2. The molecule has 1 aromatic heterocycles. The first-order valence-corrected chi connectivity index (χ1v) is 14.2. The SMILES string of the molecule is N#C/C(=C/c1cn(-c2ccccc2)nc1-c1cccc(S(=O)(=O)N2CCCCC2)c1)C(=O)N1CCOCC1. The Morgan fingerprint density at radius 1 is 0.974 bits per heavy atom. The van der Waals surface area contributed by atoms with Crippen molar-refractivity contribution in [3.05, 3.63) is 71.9 Å². The maximum atomic E-state index is 13.4. The van der Waals surface area contributed by atoms with E-state index in [1.165, 1.54) is 10.4 Å². The third-order valence-electron chi connectivity index (χ3n) is 6.77. The van der Waals surface area contributed by atoms with Crippen molar-refractivity contribution in [2.45, 2.75) is 24.2 Å². The molecule has 1 amide bonds. The van der Waals surface area contributed by atoms with Crippen LogP contribution in [0.25, 0.3) is 23.0 Å². The number of carbonyl (C=O) groups is 1. The predicted molar refractivity (Wildman–Crippen MR) is 143 cm³/mol. The molecule has 0 aliphatic carbocycles. The number of sulfonamides is 1. The summed E-state index contributed by atoms with van der Waals surface area (Å²) in [6.07, 6.45) is 6.02. The highest BCUT2D eigenvalue weighted by Crippen LogP contribution is 2.29. The molecular weight excluding hydrogens is 502 g/mol. The van der Waals surface area contributed by atoms with Gasteiger partial charge < -0.3 is 9.64 Å². The second-order valence-corrected chi connectivity index (χ2v) is 11.2. The van der Waals surface area contributed by atoms with Crippen molar-refractivity contribution in [1.29, 1.82) is 5.26 Å². The largest absolute Gasteiger partial charge is 0.378 e. The molecule has 2 fully saturated rings. The van der Waals surface area contributed by atoms with Gasteiger partial charge >= 0.3 is 0 Å². The number of para-hydroxylation sites is 1. The van der Waals surface area contributed by atoms with Crippen molar-refractivity contribution < 1.29 is 17.9 Å². The van der Waals surface area contributed by atoms with E-state index >= 15 is 0 Å². The van der Waals surface area contributed by atoms with Gasteiger partial charge in [-0.25, -0.2) is 13.1 Å². The van der Waals surface area contributed by atoms with Crippen molar-refractivity contribution in [2.24, 2.45) is 0 Å². The summed E-state index contributed by atoms with van der Waals surface area (Å²) < 4.78 is 35.2. The van der Waals surface area contributed by atoms with Crippen molar-refractivity contribution in [3.63, 3.8) is 0 Å². The number of rotatable bonds is 6. The van der Waals surface area contributed by atoms with Gasteiger partial charge in [-0.1, -0.05) is 36.8 Å². The van der Waals surface area contributed by atoms with Gasteiger partial charge in [0.25, 0.3) is 5.91 Å². The number of ether oxygens (including phenoxy) is 1. The van der Waals surface area contributed by atoms with Crippen LogP contribution in [0.5, 0.6) is 0 Å². The number of carbonyl (C=O) groups excluding carboxylic acids is 1. The molecule has 0 bridgehead atoms. The Labute approximate surface area is 222 Å². The molecular formula is C28H29N5O4S. The van der Waals surface area contributed by atoms with Crippen LogP contribution in [0.1, 0.15) is 24.8 Å². The molecule has 2 saturated heterocycles. The van der Waals surface area contributed by atoms with Crippen LogP contribution in [0.2, 0.25) is 0 Å². The van der Waals surface area contributed by atoms with Crippen LogP contribution in [0.15, 0.2) is 71.3 Å². The predicted octanol–water partition coefficient (Wildman–Crippen LogP) is 3.48. The van der Waals surface area contributed by atoms with Gasteiger partial charge in [-0.3, -0.25) is 4.79 Å². The number of hydrogen-bond acceptors (Lipinski definition) is 6. The van der Waals surface area contributed by atoms with Gasteiger partial charge in [-0.15, -0.1) is 0 Å². The quantitative estimate of drug-likeness (QED) is 0.356. The maximum absolute atomic E-state index is 13.4. The number of amides is 1. The number of nitriles is 1. The average Bonchev–Trinajstić information content (AvgIpc) is 3.41. The number of benzene rings is 2. The van der Waals surface area contributed by atoms with Gasteiger partial charge in [0.2, 0.25) is 10.0 Å². The number of piperidine rings is 1. The summed E-state index contributed by atoms with van der Waals surface area (Å²) in [5.74, 6) is -0.365. The monoisotopic (exact) mass is 531 g/mol. The third kappa shape index (κ3) is 5.41. The number of nitrogens with zero attached hydrogens (tertiary/aromatic N) is 5. The summed E-state index contributed by atoms with van der Waals surface area (Å²) in [7, 11) is -3.65. The van der Waals surface area contributed by atoms with E-state index in [4.69, 9.17) is 9.84 Å². The molecule has 0 unspecified atom stereocenters. The lowest BCUT2D eigenvalue weighted by Crippen LogP contribution is -2.41. The van der Waals surface area contributed by atoms with E-state index in [2.05, 4.69) is 0 Å². The number of hydrogen-bond donors (Lipinski definition) is 0. The molecule has 5 rings (SSSR count). The minimum Gasteiger partial charge on any atom is -0.378 e. The van der Waals surface area contributed by atoms with Crippen LogP contribution >= 0.6 is 0 Å². The first-order chi connectivity index (χ1) is 18.5. The van der Waals surface area contributed by atoms with Gasteiger partial charge in [0.1, 0.15) is 17.3 Å². The standard InChI is InChI=1S/C28H29N5O4S/c29-20-23(28(34)31-14-16-37-17-15-31)18-24-21-33(25-9-3-1-4-10-25)30-27(24)22-8-7-11-26(19-22)38(35,36)32-12-5-2-6-13-32/h1,3-4,7-11,18-19,21H,2,5-6,12-17H2/b23-18-. The Hall–Kier alpha value is -3.78. The average molecular weight is 532 g/mol. The zero-order valence-electron chi connectivity index (χ0n) is 21.0. The van der Waals surface area contributed by atoms with Gasteiger partial charge in [0.05, 0.1) is 23.8 Å². The molecule has 2 aliphatic heterocycles. The molecule has 0 spiro atoms. The van der Waals surface area contributed by atoms with E-state index in [1.807, 2.05) is 36.4 Å². The van der Waals surface area contributed by atoms with E-state index in [0.29, 0.717) is 56.2 Å². The fourth-order valence-electron chi connectivity index (χ4n) is 4.72.